The van der Waals surface area contributed by atoms with Crippen molar-refractivity contribution in [1.82, 2.24) is 9.97 Å². The topological polar surface area (TPSA) is 28.7 Å². The summed E-state index contributed by atoms with van der Waals surface area (Å²) in [6.07, 6.45) is 0.898. The average molecular weight is 265 g/mol. The molecular weight excluding hydrogens is 252 g/mol. The number of hydrogen-bond donors (Lipinski definition) is 1. The van der Waals surface area contributed by atoms with Crippen molar-refractivity contribution in [2.45, 2.75) is 20.3 Å². The first-order chi connectivity index (χ1) is 8.11. The summed E-state index contributed by atoms with van der Waals surface area (Å²) in [5.74, 6) is 0.793. The van der Waals surface area contributed by atoms with E-state index in [0.29, 0.717) is 9.66 Å². The first kappa shape index (κ1) is 12.3. The summed E-state index contributed by atoms with van der Waals surface area (Å²) in [7, 11) is 0. The number of nitrogens with zero attached hydrogens (tertiary/aromatic N) is 1. The lowest BCUT2D eigenvalue weighted by atomic mass is 10.1. The second kappa shape index (κ2) is 4.98. The zero-order chi connectivity index (χ0) is 12.4. The molecule has 1 aromatic heterocycles. The van der Waals surface area contributed by atoms with E-state index in [4.69, 9.17) is 23.8 Å². The highest BCUT2D eigenvalue weighted by Crippen LogP contribution is 2.19. The molecule has 0 amide bonds. The number of H-pyrrole nitrogens is 1. The van der Waals surface area contributed by atoms with Gasteiger partial charge >= 0.3 is 0 Å². The summed E-state index contributed by atoms with van der Waals surface area (Å²) < 4.78 is 0.675. The van der Waals surface area contributed by atoms with E-state index in [1.54, 1.807) is 0 Å². The molecule has 0 aliphatic heterocycles. The molecule has 0 radical (unpaired) electrons. The molecule has 1 heterocycles. The third-order valence-corrected chi connectivity index (χ3v) is 3.29. The third kappa shape index (κ3) is 2.56. The molecule has 0 aliphatic carbocycles. The molecule has 2 aromatic rings. The maximum Gasteiger partial charge on any atom is 0.139 e. The van der Waals surface area contributed by atoms with Crippen LogP contribution in [-0.2, 0) is 6.42 Å². The van der Waals surface area contributed by atoms with E-state index in [2.05, 4.69) is 16.9 Å². The lowest BCUT2D eigenvalue weighted by molar-refractivity contribution is 0.989. The van der Waals surface area contributed by atoms with Crippen molar-refractivity contribution >= 4 is 23.8 Å². The Morgan fingerprint density at radius 1 is 1.29 bits per heavy atom. The van der Waals surface area contributed by atoms with Gasteiger partial charge in [-0.15, -0.1) is 0 Å². The van der Waals surface area contributed by atoms with E-state index < -0.39 is 0 Å². The van der Waals surface area contributed by atoms with Gasteiger partial charge in [-0.3, -0.25) is 0 Å². The fraction of sp³-hybridized carbons (Fsp3) is 0.231. The van der Waals surface area contributed by atoms with Crippen LogP contribution in [-0.4, -0.2) is 9.97 Å². The van der Waals surface area contributed by atoms with Gasteiger partial charge in [-0.05, 0) is 37.6 Å². The van der Waals surface area contributed by atoms with Crippen molar-refractivity contribution in [2.24, 2.45) is 0 Å². The van der Waals surface area contributed by atoms with Gasteiger partial charge in [-0.1, -0.05) is 30.7 Å². The van der Waals surface area contributed by atoms with Crippen LogP contribution in [0.3, 0.4) is 0 Å². The molecule has 0 bridgehead atoms. The molecule has 0 spiro atoms. The maximum absolute atomic E-state index is 5.86. The zero-order valence-corrected chi connectivity index (χ0v) is 11.3. The lowest BCUT2D eigenvalue weighted by Gasteiger charge is -2.07. The van der Waals surface area contributed by atoms with Crippen LogP contribution in [0.5, 0.6) is 0 Å². The van der Waals surface area contributed by atoms with Crippen LogP contribution in [0.4, 0.5) is 0 Å². The standard InChI is InChI=1S/C13H13ClN2S/c1-3-11-8(2)15-12(16-13(11)17)9-4-6-10(14)7-5-9/h4-7H,3H2,1-2H3,(H,15,16,17). The Balaban J connectivity index is 2.54. The Morgan fingerprint density at radius 2 is 1.94 bits per heavy atom. The third-order valence-electron chi connectivity index (χ3n) is 2.70. The molecule has 2 nitrogen and oxygen atoms in total. The number of aromatic nitrogens is 2. The maximum atomic E-state index is 5.86. The van der Waals surface area contributed by atoms with Gasteiger partial charge in [0, 0.05) is 21.8 Å². The minimum Gasteiger partial charge on any atom is -0.343 e. The normalized spacial score (nSPS) is 10.5. The van der Waals surface area contributed by atoms with Gasteiger partial charge in [0.25, 0.3) is 0 Å². The first-order valence-electron chi connectivity index (χ1n) is 5.47. The molecular formula is C13H13ClN2S. The molecule has 0 unspecified atom stereocenters. The Bertz CT molecular complexity index is 587. The summed E-state index contributed by atoms with van der Waals surface area (Å²) in [6, 6.07) is 7.55. The van der Waals surface area contributed by atoms with Gasteiger partial charge in [0.15, 0.2) is 0 Å². The van der Waals surface area contributed by atoms with Crippen molar-refractivity contribution in [2.75, 3.05) is 0 Å². The molecule has 17 heavy (non-hydrogen) atoms. The van der Waals surface area contributed by atoms with E-state index in [-0.39, 0.29) is 0 Å². The van der Waals surface area contributed by atoms with E-state index >= 15 is 0 Å². The Labute approximate surface area is 111 Å². The number of aromatic amines is 1. The Hall–Kier alpha value is -1.19. The molecule has 0 atom stereocenters. The van der Waals surface area contributed by atoms with Crippen LogP contribution in [0, 0.1) is 11.6 Å². The van der Waals surface area contributed by atoms with Crippen LogP contribution >= 0.6 is 23.8 Å². The van der Waals surface area contributed by atoms with Gasteiger partial charge < -0.3 is 4.98 Å². The minimum atomic E-state index is 0.675. The fourth-order valence-corrected chi connectivity index (χ4v) is 2.29. The molecule has 4 heteroatoms. The van der Waals surface area contributed by atoms with Crippen molar-refractivity contribution < 1.29 is 0 Å². The highest BCUT2D eigenvalue weighted by Gasteiger charge is 2.05. The molecule has 0 fully saturated rings. The zero-order valence-electron chi connectivity index (χ0n) is 9.75. The number of halogens is 1. The first-order valence-corrected chi connectivity index (χ1v) is 6.26. The molecule has 0 saturated heterocycles. The quantitative estimate of drug-likeness (QED) is 0.818. The molecule has 1 aromatic carbocycles. The van der Waals surface area contributed by atoms with Gasteiger partial charge in [0.1, 0.15) is 10.5 Å². The van der Waals surface area contributed by atoms with Crippen LogP contribution in [0.2, 0.25) is 5.02 Å². The summed E-state index contributed by atoms with van der Waals surface area (Å²) in [5, 5.41) is 0.717. The van der Waals surface area contributed by atoms with Gasteiger partial charge in [-0.2, -0.15) is 0 Å². The number of hydrogen-bond acceptors (Lipinski definition) is 2. The summed E-state index contributed by atoms with van der Waals surface area (Å²) in [5.41, 5.74) is 3.18. The predicted molar refractivity (Wildman–Crippen MR) is 74.0 cm³/mol. The largest absolute Gasteiger partial charge is 0.343 e. The van der Waals surface area contributed by atoms with Crippen molar-refractivity contribution in [3.63, 3.8) is 0 Å². The number of nitrogens with one attached hydrogen (secondary N) is 1. The highest BCUT2D eigenvalue weighted by molar-refractivity contribution is 7.71. The fourth-order valence-electron chi connectivity index (χ4n) is 1.77. The average Bonchev–Trinajstić information content (AvgIpc) is 2.29. The number of benzene rings is 1. The lowest BCUT2D eigenvalue weighted by Crippen LogP contribution is -1.98. The van der Waals surface area contributed by atoms with Gasteiger partial charge in [0.2, 0.25) is 0 Å². The SMILES string of the molecule is CCc1c(C)[nH]c(-c2ccc(Cl)cc2)nc1=S. The minimum absolute atomic E-state index is 0.675. The van der Waals surface area contributed by atoms with Gasteiger partial charge in [-0.25, -0.2) is 4.98 Å². The molecule has 1 N–H and O–H groups in total. The van der Waals surface area contributed by atoms with Crippen LogP contribution in [0.15, 0.2) is 24.3 Å². The molecule has 0 saturated carbocycles. The van der Waals surface area contributed by atoms with Crippen molar-refractivity contribution in [3.8, 4) is 11.4 Å². The second-order valence-electron chi connectivity index (χ2n) is 3.85. The van der Waals surface area contributed by atoms with E-state index in [0.717, 1.165) is 29.1 Å². The van der Waals surface area contributed by atoms with Crippen LogP contribution in [0.25, 0.3) is 11.4 Å². The van der Waals surface area contributed by atoms with Crippen molar-refractivity contribution in [3.05, 3.63) is 45.2 Å². The van der Waals surface area contributed by atoms with E-state index in [9.17, 15) is 0 Å². The van der Waals surface area contributed by atoms with Crippen LogP contribution < -0.4 is 0 Å². The summed E-state index contributed by atoms with van der Waals surface area (Å²) in [4.78, 5) is 7.70. The number of rotatable bonds is 2. The van der Waals surface area contributed by atoms with E-state index in [1.807, 2.05) is 31.2 Å². The predicted octanol–water partition coefficient (Wildman–Crippen LogP) is 4.33. The van der Waals surface area contributed by atoms with Gasteiger partial charge in [0.05, 0.1) is 0 Å². The monoisotopic (exact) mass is 264 g/mol. The summed E-state index contributed by atoms with van der Waals surface area (Å²) in [6.45, 7) is 4.10. The van der Waals surface area contributed by atoms with E-state index in [1.165, 1.54) is 0 Å². The number of aryl methyl sites for hydroxylation is 1. The smallest absolute Gasteiger partial charge is 0.139 e. The molecule has 0 aliphatic rings. The van der Waals surface area contributed by atoms with Crippen LogP contribution in [0.1, 0.15) is 18.2 Å². The summed E-state index contributed by atoms with van der Waals surface area (Å²) >= 11 is 11.2. The Kier molecular flexibility index (Phi) is 3.60. The molecule has 2 rings (SSSR count). The second-order valence-corrected chi connectivity index (χ2v) is 4.68. The molecule has 88 valence electrons. The highest BCUT2D eigenvalue weighted by atomic mass is 35.5. The van der Waals surface area contributed by atoms with Crippen molar-refractivity contribution in [1.29, 1.82) is 0 Å². The Morgan fingerprint density at radius 3 is 2.47 bits per heavy atom.